The van der Waals surface area contributed by atoms with Gasteiger partial charge in [0, 0.05) is 24.8 Å². The maximum absolute atomic E-state index is 12.5. The topological polar surface area (TPSA) is 104 Å². The number of hydrogen-bond acceptors (Lipinski definition) is 5. The Bertz CT molecular complexity index is 725. The van der Waals surface area contributed by atoms with Crippen LogP contribution in [0.1, 0.15) is 61.6 Å². The van der Waals surface area contributed by atoms with E-state index >= 15 is 0 Å². The number of H-pyrrole nitrogens is 1. The molecule has 0 radical (unpaired) electrons. The Morgan fingerprint density at radius 3 is 2.52 bits per heavy atom. The van der Waals surface area contributed by atoms with Crippen molar-refractivity contribution in [2.45, 2.75) is 57.0 Å². The van der Waals surface area contributed by atoms with Crippen LogP contribution in [0.15, 0.2) is 11.0 Å². The van der Waals surface area contributed by atoms with Crippen LogP contribution in [-0.2, 0) is 10.2 Å². The van der Waals surface area contributed by atoms with E-state index in [0.29, 0.717) is 6.61 Å². The summed E-state index contributed by atoms with van der Waals surface area (Å²) >= 11 is 0. The first-order valence-corrected chi connectivity index (χ1v) is 10.1. The molecular formula is C20H29N3O4. The van der Waals surface area contributed by atoms with Crippen molar-refractivity contribution in [3.63, 3.8) is 0 Å². The lowest BCUT2D eigenvalue weighted by atomic mass is 9.49. The van der Waals surface area contributed by atoms with Crippen LogP contribution in [0.2, 0.25) is 0 Å². The van der Waals surface area contributed by atoms with Crippen LogP contribution in [-0.4, -0.2) is 46.8 Å². The van der Waals surface area contributed by atoms with Gasteiger partial charge >= 0.3 is 0 Å². The molecule has 148 valence electrons. The lowest BCUT2D eigenvalue weighted by Gasteiger charge is -2.56. The van der Waals surface area contributed by atoms with E-state index in [0.717, 1.165) is 42.8 Å². The number of hydrogen-bond donors (Lipinski definition) is 3. The first-order valence-electron chi connectivity index (χ1n) is 10.1. The van der Waals surface area contributed by atoms with Gasteiger partial charge < -0.3 is 20.1 Å². The molecule has 1 unspecified atom stereocenters. The molecule has 0 saturated heterocycles. The molecular weight excluding hydrogens is 346 g/mol. The minimum absolute atomic E-state index is 0.00337. The van der Waals surface area contributed by atoms with Crippen molar-refractivity contribution in [2.75, 3.05) is 19.8 Å². The monoisotopic (exact) mass is 375 g/mol. The first-order chi connectivity index (χ1) is 13.0. The third-order valence-corrected chi connectivity index (χ3v) is 6.60. The van der Waals surface area contributed by atoms with Gasteiger partial charge in [-0.3, -0.25) is 9.59 Å². The number of amides is 1. The highest BCUT2D eigenvalue weighted by Gasteiger charge is 2.52. The number of rotatable bonds is 7. The van der Waals surface area contributed by atoms with Gasteiger partial charge in [-0.25, -0.2) is 4.98 Å². The minimum Gasteiger partial charge on any atom is -0.389 e. The van der Waals surface area contributed by atoms with Gasteiger partial charge in [0.15, 0.2) is 0 Å². The van der Waals surface area contributed by atoms with Gasteiger partial charge in [0.05, 0.1) is 12.7 Å². The second-order valence-electron chi connectivity index (χ2n) is 8.70. The smallest absolute Gasteiger partial charge is 0.263 e. The van der Waals surface area contributed by atoms with E-state index in [1.165, 1.54) is 25.5 Å². The van der Waals surface area contributed by atoms with Gasteiger partial charge in [-0.2, -0.15) is 0 Å². The third-order valence-electron chi connectivity index (χ3n) is 6.60. The van der Waals surface area contributed by atoms with Crippen molar-refractivity contribution < 1.29 is 14.6 Å². The second kappa shape index (κ2) is 7.36. The Morgan fingerprint density at radius 2 is 1.96 bits per heavy atom. The van der Waals surface area contributed by atoms with Gasteiger partial charge in [-0.15, -0.1) is 0 Å². The Hall–Kier alpha value is -1.73. The van der Waals surface area contributed by atoms with Gasteiger partial charge in [-0.1, -0.05) is 0 Å². The van der Waals surface area contributed by atoms with E-state index < -0.39 is 17.6 Å². The molecule has 4 aliphatic carbocycles. The number of aromatic amines is 1. The molecule has 5 rings (SSSR count). The van der Waals surface area contributed by atoms with Crippen molar-refractivity contribution in [1.29, 1.82) is 0 Å². The summed E-state index contributed by atoms with van der Waals surface area (Å²) in [5, 5.41) is 12.3. The Labute approximate surface area is 158 Å². The van der Waals surface area contributed by atoms with E-state index in [4.69, 9.17) is 4.74 Å². The fourth-order valence-electron chi connectivity index (χ4n) is 5.85. The zero-order chi connectivity index (χ0) is 19.0. The molecule has 4 bridgehead atoms. The highest BCUT2D eigenvalue weighted by Crippen LogP contribution is 2.59. The summed E-state index contributed by atoms with van der Waals surface area (Å²) < 4.78 is 5.11. The number of nitrogens with one attached hydrogen (secondary N) is 2. The van der Waals surface area contributed by atoms with E-state index in [1.54, 1.807) is 0 Å². The largest absolute Gasteiger partial charge is 0.389 e. The van der Waals surface area contributed by atoms with Crippen LogP contribution < -0.4 is 10.9 Å². The molecule has 1 atom stereocenters. The van der Waals surface area contributed by atoms with Crippen LogP contribution in [0.25, 0.3) is 0 Å². The predicted molar refractivity (Wildman–Crippen MR) is 99.5 cm³/mol. The van der Waals surface area contributed by atoms with Crippen molar-refractivity contribution in [3.05, 3.63) is 27.9 Å². The Balaban J connectivity index is 1.45. The normalized spacial score (nSPS) is 32.4. The highest BCUT2D eigenvalue weighted by molar-refractivity contribution is 5.93. The summed E-state index contributed by atoms with van der Waals surface area (Å²) in [6.45, 7) is 2.52. The SMILES string of the molecule is CCOCC(O)CNC(=O)c1cnc(C23CC4CC(CC(C4)C2)C3)[nH]c1=O. The maximum atomic E-state index is 12.5. The van der Waals surface area contributed by atoms with Crippen LogP contribution in [0.4, 0.5) is 0 Å². The molecule has 7 heteroatoms. The fourth-order valence-corrected chi connectivity index (χ4v) is 5.85. The molecule has 4 saturated carbocycles. The summed E-state index contributed by atoms with van der Waals surface area (Å²) in [6.07, 6.45) is 7.91. The summed E-state index contributed by atoms with van der Waals surface area (Å²) in [7, 11) is 0. The predicted octanol–water partition coefficient (Wildman–Crippen LogP) is 1.36. The van der Waals surface area contributed by atoms with E-state index in [2.05, 4.69) is 15.3 Å². The molecule has 1 aromatic heterocycles. The van der Waals surface area contributed by atoms with Crippen LogP contribution >= 0.6 is 0 Å². The maximum Gasteiger partial charge on any atom is 0.263 e. The van der Waals surface area contributed by atoms with E-state index in [1.807, 2.05) is 6.92 Å². The Kier molecular flexibility index (Phi) is 5.07. The van der Waals surface area contributed by atoms with Crippen molar-refractivity contribution >= 4 is 5.91 Å². The molecule has 0 spiro atoms. The molecule has 1 amide bonds. The molecule has 0 aliphatic heterocycles. The molecule has 4 aliphatic rings. The van der Waals surface area contributed by atoms with Crippen molar-refractivity contribution in [3.8, 4) is 0 Å². The molecule has 27 heavy (non-hydrogen) atoms. The number of nitrogens with zero attached hydrogens (tertiary/aromatic N) is 1. The molecule has 1 heterocycles. The van der Waals surface area contributed by atoms with Gasteiger partial charge in [-0.05, 0) is 63.2 Å². The van der Waals surface area contributed by atoms with Crippen molar-refractivity contribution in [2.24, 2.45) is 17.8 Å². The van der Waals surface area contributed by atoms with E-state index in [9.17, 15) is 14.7 Å². The first kappa shape index (κ1) is 18.6. The number of ether oxygens (including phenoxy) is 1. The minimum atomic E-state index is -0.799. The second-order valence-corrected chi connectivity index (χ2v) is 8.70. The molecule has 3 N–H and O–H groups in total. The highest BCUT2D eigenvalue weighted by atomic mass is 16.5. The zero-order valence-corrected chi connectivity index (χ0v) is 15.9. The molecule has 7 nitrogen and oxygen atoms in total. The average molecular weight is 375 g/mol. The van der Waals surface area contributed by atoms with Crippen LogP contribution in [0, 0.1) is 17.8 Å². The third kappa shape index (κ3) is 3.67. The van der Waals surface area contributed by atoms with Gasteiger partial charge in [0.1, 0.15) is 11.4 Å². The van der Waals surface area contributed by atoms with Crippen LogP contribution in [0.3, 0.4) is 0 Å². The molecule has 1 aromatic rings. The lowest BCUT2D eigenvalue weighted by molar-refractivity contribution is -0.00954. The van der Waals surface area contributed by atoms with Crippen molar-refractivity contribution in [1.82, 2.24) is 15.3 Å². The van der Waals surface area contributed by atoms with Gasteiger partial charge in [0.25, 0.3) is 11.5 Å². The number of carbonyl (C=O) groups is 1. The van der Waals surface area contributed by atoms with Gasteiger partial charge in [0.2, 0.25) is 0 Å². The lowest BCUT2D eigenvalue weighted by Crippen LogP contribution is -2.50. The summed E-state index contributed by atoms with van der Waals surface area (Å²) in [6, 6.07) is 0. The van der Waals surface area contributed by atoms with Crippen LogP contribution in [0.5, 0.6) is 0 Å². The number of carbonyl (C=O) groups excluding carboxylic acids is 1. The number of aliphatic hydroxyl groups is 1. The molecule has 4 fully saturated rings. The van der Waals surface area contributed by atoms with E-state index in [-0.39, 0.29) is 24.1 Å². The number of aromatic nitrogens is 2. The summed E-state index contributed by atoms with van der Waals surface area (Å²) in [4.78, 5) is 32.3. The molecule has 0 aromatic carbocycles. The number of aliphatic hydroxyl groups excluding tert-OH is 1. The summed E-state index contributed by atoms with van der Waals surface area (Å²) in [5.41, 5.74) is -0.406. The quantitative estimate of drug-likeness (QED) is 0.668. The zero-order valence-electron chi connectivity index (χ0n) is 15.9. The Morgan fingerprint density at radius 1 is 1.33 bits per heavy atom. The fraction of sp³-hybridized carbons (Fsp3) is 0.750. The summed E-state index contributed by atoms with van der Waals surface area (Å²) in [5.74, 6) is 2.53. The average Bonchev–Trinajstić information content (AvgIpc) is 2.63. The standard InChI is InChI=1S/C20H29N3O4/c1-2-27-11-15(24)9-21-17(25)16-10-22-19(23-18(16)26)20-6-12-3-13(7-20)5-14(4-12)8-20/h10,12-15,24H,2-9,11H2,1H3,(H,21,25)(H,22,23,26).